The first-order valence-corrected chi connectivity index (χ1v) is 6.11. The lowest BCUT2D eigenvalue weighted by atomic mass is 10.00. The van der Waals surface area contributed by atoms with Crippen molar-refractivity contribution in [2.45, 2.75) is 12.8 Å². The number of pyridine rings is 1. The highest BCUT2D eigenvalue weighted by atomic mass is 19.1. The van der Waals surface area contributed by atoms with E-state index in [0.717, 1.165) is 26.1 Å². The molecule has 0 aliphatic carbocycles. The summed E-state index contributed by atoms with van der Waals surface area (Å²) < 4.78 is 18.0. The van der Waals surface area contributed by atoms with E-state index >= 15 is 0 Å². The van der Waals surface area contributed by atoms with Crippen molar-refractivity contribution in [3.63, 3.8) is 0 Å². The Hall–Kier alpha value is -1.49. The van der Waals surface area contributed by atoms with Gasteiger partial charge >= 0.3 is 0 Å². The number of ether oxygens (including phenoxy) is 1. The molecule has 0 N–H and O–H groups in total. The van der Waals surface area contributed by atoms with Crippen molar-refractivity contribution in [3.8, 4) is 0 Å². The maximum absolute atomic E-state index is 12.7. The second-order valence-corrected chi connectivity index (χ2v) is 4.61. The van der Waals surface area contributed by atoms with Gasteiger partial charge in [0.15, 0.2) is 0 Å². The summed E-state index contributed by atoms with van der Waals surface area (Å²) in [6.45, 7) is 2.25. The molecule has 4 nitrogen and oxygen atoms in total. The Morgan fingerprint density at radius 3 is 2.83 bits per heavy atom. The summed E-state index contributed by atoms with van der Waals surface area (Å²) in [7, 11) is 1.77. The van der Waals surface area contributed by atoms with Crippen molar-refractivity contribution >= 4 is 5.91 Å². The van der Waals surface area contributed by atoms with E-state index in [-0.39, 0.29) is 5.91 Å². The lowest BCUT2D eigenvalue weighted by molar-refractivity contribution is 0.0497. The Labute approximate surface area is 106 Å². The second-order valence-electron chi connectivity index (χ2n) is 4.61. The van der Waals surface area contributed by atoms with Crippen LogP contribution in [-0.2, 0) is 4.74 Å². The van der Waals surface area contributed by atoms with E-state index < -0.39 is 5.95 Å². The average Bonchev–Trinajstić information content (AvgIpc) is 2.40. The minimum Gasteiger partial charge on any atom is -0.381 e. The summed E-state index contributed by atoms with van der Waals surface area (Å²) in [4.78, 5) is 17.2. The maximum atomic E-state index is 12.7. The fraction of sp³-hybridized carbons (Fsp3) is 0.538. The fourth-order valence-corrected chi connectivity index (χ4v) is 2.12. The van der Waals surface area contributed by atoms with Crippen LogP contribution in [0.25, 0.3) is 0 Å². The zero-order valence-corrected chi connectivity index (χ0v) is 10.4. The standard InChI is InChI=1S/C13H17FN2O2/c1-16(9-10-4-6-18-7-5-10)13(17)11-2-3-12(14)15-8-11/h2-3,8,10H,4-7,9H2,1H3. The number of rotatable bonds is 3. The van der Waals surface area contributed by atoms with Crippen molar-refractivity contribution in [1.82, 2.24) is 9.88 Å². The molecule has 0 saturated carbocycles. The van der Waals surface area contributed by atoms with Crippen LogP contribution >= 0.6 is 0 Å². The van der Waals surface area contributed by atoms with Gasteiger partial charge in [0.2, 0.25) is 5.95 Å². The number of carbonyl (C=O) groups is 1. The zero-order valence-electron chi connectivity index (χ0n) is 10.4. The SMILES string of the molecule is CN(CC1CCOCC1)C(=O)c1ccc(F)nc1. The van der Waals surface area contributed by atoms with E-state index in [1.807, 2.05) is 0 Å². The Balaban J connectivity index is 1.93. The van der Waals surface area contributed by atoms with Crippen LogP contribution < -0.4 is 0 Å². The fourth-order valence-electron chi connectivity index (χ4n) is 2.12. The Morgan fingerprint density at radius 1 is 1.50 bits per heavy atom. The normalized spacial score (nSPS) is 16.6. The van der Waals surface area contributed by atoms with Crippen LogP contribution in [0.1, 0.15) is 23.2 Å². The van der Waals surface area contributed by atoms with Gasteiger partial charge in [-0.15, -0.1) is 0 Å². The summed E-state index contributed by atoms with van der Waals surface area (Å²) in [6, 6.07) is 2.67. The van der Waals surface area contributed by atoms with E-state index in [1.54, 1.807) is 11.9 Å². The predicted molar refractivity (Wildman–Crippen MR) is 64.7 cm³/mol. The van der Waals surface area contributed by atoms with E-state index in [9.17, 15) is 9.18 Å². The van der Waals surface area contributed by atoms with Gasteiger partial charge in [-0.3, -0.25) is 4.79 Å². The molecule has 1 amide bonds. The number of aromatic nitrogens is 1. The number of carbonyl (C=O) groups excluding carboxylic acids is 1. The number of hydrogen-bond donors (Lipinski definition) is 0. The van der Waals surface area contributed by atoms with Gasteiger partial charge in [-0.1, -0.05) is 0 Å². The summed E-state index contributed by atoms with van der Waals surface area (Å²) >= 11 is 0. The summed E-state index contributed by atoms with van der Waals surface area (Å²) in [5.74, 6) is -0.200. The van der Waals surface area contributed by atoms with Crippen molar-refractivity contribution in [2.24, 2.45) is 5.92 Å². The third kappa shape index (κ3) is 3.26. The molecular weight excluding hydrogens is 235 g/mol. The molecule has 1 aliphatic heterocycles. The smallest absolute Gasteiger partial charge is 0.255 e. The third-order valence-electron chi connectivity index (χ3n) is 3.19. The lowest BCUT2D eigenvalue weighted by Crippen LogP contribution is -2.34. The van der Waals surface area contributed by atoms with Crippen LogP contribution in [0.4, 0.5) is 4.39 Å². The quantitative estimate of drug-likeness (QED) is 0.769. The van der Waals surface area contributed by atoms with E-state index in [1.165, 1.54) is 18.3 Å². The van der Waals surface area contributed by atoms with Crippen LogP contribution in [0.5, 0.6) is 0 Å². The monoisotopic (exact) mass is 252 g/mol. The first-order valence-electron chi connectivity index (χ1n) is 6.11. The van der Waals surface area contributed by atoms with Crippen LogP contribution in [-0.4, -0.2) is 42.6 Å². The van der Waals surface area contributed by atoms with Crippen molar-refractivity contribution in [2.75, 3.05) is 26.8 Å². The Morgan fingerprint density at radius 2 is 2.22 bits per heavy atom. The zero-order chi connectivity index (χ0) is 13.0. The molecule has 2 rings (SSSR count). The Kier molecular flexibility index (Phi) is 4.25. The molecule has 0 unspecified atom stereocenters. The van der Waals surface area contributed by atoms with Crippen LogP contribution in [0.3, 0.4) is 0 Å². The molecule has 1 fully saturated rings. The van der Waals surface area contributed by atoms with Gasteiger partial charge in [-0.2, -0.15) is 4.39 Å². The topological polar surface area (TPSA) is 42.4 Å². The van der Waals surface area contributed by atoms with Crippen molar-refractivity contribution < 1.29 is 13.9 Å². The molecule has 0 radical (unpaired) electrons. The van der Waals surface area contributed by atoms with Crippen molar-refractivity contribution in [1.29, 1.82) is 0 Å². The average molecular weight is 252 g/mol. The van der Waals surface area contributed by atoms with Crippen LogP contribution in [0, 0.1) is 11.9 Å². The highest BCUT2D eigenvalue weighted by Gasteiger charge is 2.19. The van der Waals surface area contributed by atoms with Gasteiger partial charge in [0.05, 0.1) is 5.56 Å². The molecule has 1 aromatic rings. The summed E-state index contributed by atoms with van der Waals surface area (Å²) in [6.07, 6.45) is 3.25. The van der Waals surface area contributed by atoms with Crippen LogP contribution in [0.15, 0.2) is 18.3 Å². The number of hydrogen-bond acceptors (Lipinski definition) is 3. The highest BCUT2D eigenvalue weighted by Crippen LogP contribution is 2.16. The first-order chi connectivity index (χ1) is 8.66. The van der Waals surface area contributed by atoms with Gasteiger partial charge < -0.3 is 9.64 Å². The van der Waals surface area contributed by atoms with Crippen molar-refractivity contribution in [3.05, 3.63) is 29.8 Å². The second kappa shape index (κ2) is 5.91. The number of amides is 1. The molecule has 1 aliphatic rings. The summed E-state index contributed by atoms with van der Waals surface area (Å²) in [5, 5.41) is 0. The minimum atomic E-state index is -0.571. The van der Waals surface area contributed by atoms with Crippen LogP contribution in [0.2, 0.25) is 0 Å². The molecule has 1 aromatic heterocycles. The molecule has 1 saturated heterocycles. The summed E-state index contributed by atoms with van der Waals surface area (Å²) in [5.41, 5.74) is 0.422. The Bertz CT molecular complexity index is 402. The molecule has 0 spiro atoms. The molecule has 98 valence electrons. The molecule has 0 bridgehead atoms. The van der Waals surface area contributed by atoms with Gasteiger partial charge in [-0.05, 0) is 30.9 Å². The van der Waals surface area contributed by atoms with Gasteiger partial charge in [0, 0.05) is 33.0 Å². The third-order valence-corrected chi connectivity index (χ3v) is 3.19. The van der Waals surface area contributed by atoms with E-state index in [4.69, 9.17) is 4.74 Å². The molecule has 2 heterocycles. The van der Waals surface area contributed by atoms with Gasteiger partial charge in [0.1, 0.15) is 0 Å². The number of nitrogens with zero attached hydrogens (tertiary/aromatic N) is 2. The highest BCUT2D eigenvalue weighted by molar-refractivity contribution is 5.93. The lowest BCUT2D eigenvalue weighted by Gasteiger charge is -2.27. The van der Waals surface area contributed by atoms with Gasteiger partial charge in [0.25, 0.3) is 5.91 Å². The van der Waals surface area contributed by atoms with E-state index in [2.05, 4.69) is 4.98 Å². The number of halogens is 1. The largest absolute Gasteiger partial charge is 0.381 e. The van der Waals surface area contributed by atoms with Gasteiger partial charge in [-0.25, -0.2) is 4.98 Å². The molecule has 0 aromatic carbocycles. The predicted octanol–water partition coefficient (Wildman–Crippen LogP) is 1.72. The molecule has 18 heavy (non-hydrogen) atoms. The maximum Gasteiger partial charge on any atom is 0.255 e. The minimum absolute atomic E-state index is 0.117. The molecule has 5 heteroatoms. The molecule has 0 atom stereocenters. The molecular formula is C13H17FN2O2. The van der Waals surface area contributed by atoms with E-state index in [0.29, 0.717) is 18.0 Å². The first kappa shape index (κ1) is 13.0.